The monoisotopic (exact) mass is 329 g/mol. The normalized spacial score (nSPS) is 37.2. The highest BCUT2D eigenvalue weighted by atomic mass is 35.5. The Morgan fingerprint density at radius 1 is 1.14 bits per heavy atom. The van der Waals surface area contributed by atoms with E-state index in [4.69, 9.17) is 4.74 Å². The Hall–Kier alpha value is 0.210. The summed E-state index contributed by atoms with van der Waals surface area (Å²) in [6, 6.07) is 0. The molecule has 0 aromatic heterocycles. The number of hydrogen-bond acceptors (Lipinski definition) is 2. The summed E-state index contributed by atoms with van der Waals surface area (Å²) in [5.74, 6) is 3.85. The van der Waals surface area contributed by atoms with Crippen molar-refractivity contribution in [3.05, 3.63) is 0 Å². The molecule has 1 aliphatic heterocycles. The molecular formula is C19H36ClNO. The van der Waals surface area contributed by atoms with Gasteiger partial charge in [0.2, 0.25) is 0 Å². The second-order valence-corrected chi connectivity index (χ2v) is 8.65. The molecule has 1 heterocycles. The van der Waals surface area contributed by atoms with Crippen molar-refractivity contribution in [2.45, 2.75) is 59.3 Å². The van der Waals surface area contributed by atoms with Crippen LogP contribution in [0.2, 0.25) is 0 Å². The molecule has 3 saturated carbocycles. The number of fused-ring (bicyclic) bond motifs is 2. The first kappa shape index (κ1) is 18.5. The summed E-state index contributed by atoms with van der Waals surface area (Å²) < 4.78 is 5.97. The molecule has 3 heteroatoms. The Bertz CT molecular complexity index is 344. The first-order valence-electron chi connectivity index (χ1n) is 9.37. The van der Waals surface area contributed by atoms with Gasteiger partial charge in [-0.15, -0.1) is 12.4 Å². The summed E-state index contributed by atoms with van der Waals surface area (Å²) in [4.78, 5) is 2.59. The van der Waals surface area contributed by atoms with E-state index in [0.717, 1.165) is 43.4 Å². The summed E-state index contributed by atoms with van der Waals surface area (Å²) in [6.07, 6.45) is 8.53. The van der Waals surface area contributed by atoms with Gasteiger partial charge in [-0.05, 0) is 74.2 Å². The van der Waals surface area contributed by atoms with Crippen LogP contribution in [0.5, 0.6) is 0 Å². The molecule has 0 amide bonds. The van der Waals surface area contributed by atoms with Crippen molar-refractivity contribution in [2.75, 3.05) is 32.8 Å². The van der Waals surface area contributed by atoms with Crippen LogP contribution in [-0.4, -0.2) is 37.7 Å². The molecule has 0 N–H and O–H groups in total. The summed E-state index contributed by atoms with van der Waals surface area (Å²) in [6.45, 7) is 13.0. The van der Waals surface area contributed by atoms with Gasteiger partial charge in [0, 0.05) is 19.7 Å². The quantitative estimate of drug-likeness (QED) is 0.659. The van der Waals surface area contributed by atoms with Crippen LogP contribution in [0.1, 0.15) is 59.3 Å². The van der Waals surface area contributed by atoms with Gasteiger partial charge in [-0.2, -0.15) is 0 Å². The van der Waals surface area contributed by atoms with Crippen molar-refractivity contribution in [1.29, 1.82) is 0 Å². The average molecular weight is 330 g/mol. The molecule has 2 nitrogen and oxygen atoms in total. The van der Waals surface area contributed by atoms with E-state index in [-0.39, 0.29) is 12.4 Å². The minimum Gasteiger partial charge on any atom is -0.380 e. The van der Waals surface area contributed by atoms with Crippen molar-refractivity contribution >= 4 is 12.4 Å². The smallest absolute Gasteiger partial charge is 0.0593 e. The van der Waals surface area contributed by atoms with Gasteiger partial charge in [-0.1, -0.05) is 20.8 Å². The van der Waals surface area contributed by atoms with E-state index in [1.54, 1.807) is 0 Å². The fourth-order valence-corrected chi connectivity index (χ4v) is 5.33. The molecule has 3 aliphatic carbocycles. The lowest BCUT2D eigenvalue weighted by Gasteiger charge is -2.60. The van der Waals surface area contributed by atoms with Crippen molar-refractivity contribution in [3.63, 3.8) is 0 Å². The third kappa shape index (κ3) is 3.99. The number of hydrogen-bond donors (Lipinski definition) is 0. The van der Waals surface area contributed by atoms with Gasteiger partial charge in [0.05, 0.1) is 6.61 Å². The predicted molar refractivity (Wildman–Crippen MR) is 95.6 cm³/mol. The third-order valence-corrected chi connectivity index (χ3v) is 6.93. The van der Waals surface area contributed by atoms with Gasteiger partial charge in [-0.3, -0.25) is 0 Å². The number of nitrogens with zero attached hydrogens (tertiary/aromatic N) is 1. The van der Waals surface area contributed by atoms with Crippen molar-refractivity contribution < 1.29 is 4.74 Å². The van der Waals surface area contributed by atoms with E-state index < -0.39 is 0 Å². The van der Waals surface area contributed by atoms with E-state index in [2.05, 4.69) is 25.7 Å². The maximum atomic E-state index is 5.97. The lowest BCUT2D eigenvalue weighted by atomic mass is 9.45. The van der Waals surface area contributed by atoms with Crippen molar-refractivity contribution in [1.82, 2.24) is 4.90 Å². The molecule has 0 spiro atoms. The van der Waals surface area contributed by atoms with Crippen LogP contribution < -0.4 is 0 Å². The fourth-order valence-electron chi connectivity index (χ4n) is 5.33. The SMILES string of the molecule is CC1CCCN(CCOCCC2CCC3CC2C3(C)C)C1.Cl. The molecule has 4 aliphatic rings. The average Bonchev–Trinajstić information content (AvgIpc) is 2.47. The van der Waals surface area contributed by atoms with Crippen LogP contribution in [-0.2, 0) is 4.74 Å². The van der Waals surface area contributed by atoms with E-state index >= 15 is 0 Å². The van der Waals surface area contributed by atoms with Gasteiger partial charge in [0.25, 0.3) is 0 Å². The predicted octanol–water partition coefficient (Wildman–Crippen LogP) is 4.62. The zero-order chi connectivity index (χ0) is 14.9. The number of rotatable bonds is 6. The highest BCUT2D eigenvalue weighted by Gasteiger charge is 2.53. The van der Waals surface area contributed by atoms with Crippen molar-refractivity contribution in [2.24, 2.45) is 29.1 Å². The third-order valence-electron chi connectivity index (χ3n) is 6.93. The Kier molecular flexibility index (Phi) is 6.62. The summed E-state index contributed by atoms with van der Waals surface area (Å²) in [5.41, 5.74) is 0.632. The Labute approximate surface area is 143 Å². The lowest BCUT2D eigenvalue weighted by molar-refractivity contribution is -0.111. The van der Waals surface area contributed by atoms with Crippen LogP contribution in [0.15, 0.2) is 0 Å². The second kappa shape index (κ2) is 7.85. The van der Waals surface area contributed by atoms with Crippen LogP contribution >= 0.6 is 12.4 Å². The second-order valence-electron chi connectivity index (χ2n) is 8.65. The zero-order valence-corrected chi connectivity index (χ0v) is 15.7. The van der Waals surface area contributed by atoms with Gasteiger partial charge in [-0.25, -0.2) is 0 Å². The zero-order valence-electron chi connectivity index (χ0n) is 14.9. The topological polar surface area (TPSA) is 12.5 Å². The molecule has 130 valence electrons. The van der Waals surface area contributed by atoms with Crippen LogP contribution in [0.4, 0.5) is 0 Å². The van der Waals surface area contributed by atoms with Crippen LogP contribution in [0.25, 0.3) is 0 Å². The van der Waals surface area contributed by atoms with E-state index in [1.807, 2.05) is 0 Å². The molecule has 1 saturated heterocycles. The number of ether oxygens (including phenoxy) is 1. The molecule has 4 fully saturated rings. The molecule has 0 aromatic rings. The minimum atomic E-state index is 0. The minimum absolute atomic E-state index is 0. The molecule has 4 unspecified atom stereocenters. The van der Waals surface area contributed by atoms with E-state index in [1.165, 1.54) is 51.6 Å². The molecule has 22 heavy (non-hydrogen) atoms. The van der Waals surface area contributed by atoms with Gasteiger partial charge >= 0.3 is 0 Å². The molecule has 0 aromatic carbocycles. The molecule has 4 rings (SSSR count). The maximum absolute atomic E-state index is 5.97. The fraction of sp³-hybridized carbons (Fsp3) is 1.00. The van der Waals surface area contributed by atoms with Gasteiger partial charge < -0.3 is 9.64 Å². The largest absolute Gasteiger partial charge is 0.380 e. The number of piperidine rings is 1. The first-order valence-corrected chi connectivity index (χ1v) is 9.37. The van der Waals surface area contributed by atoms with E-state index in [9.17, 15) is 0 Å². The standard InChI is InChI=1S/C19H35NO.ClH/c1-15-5-4-9-20(14-15)10-12-21-11-8-16-6-7-17-13-18(16)19(17,2)3;/h15-18H,4-14H2,1-3H3;1H. The Morgan fingerprint density at radius 2 is 1.95 bits per heavy atom. The van der Waals surface area contributed by atoms with E-state index in [0.29, 0.717) is 5.41 Å². The van der Waals surface area contributed by atoms with Crippen LogP contribution in [0.3, 0.4) is 0 Å². The number of halogens is 1. The van der Waals surface area contributed by atoms with Crippen molar-refractivity contribution in [3.8, 4) is 0 Å². The molecular weight excluding hydrogens is 294 g/mol. The summed E-state index contributed by atoms with van der Waals surface area (Å²) >= 11 is 0. The van der Waals surface area contributed by atoms with Gasteiger partial charge in [0.1, 0.15) is 0 Å². The Balaban J connectivity index is 0.00000176. The molecule has 0 radical (unpaired) electrons. The summed E-state index contributed by atoms with van der Waals surface area (Å²) in [5, 5.41) is 0. The highest BCUT2D eigenvalue weighted by molar-refractivity contribution is 5.85. The molecule has 2 bridgehead atoms. The maximum Gasteiger partial charge on any atom is 0.0593 e. The highest BCUT2D eigenvalue weighted by Crippen LogP contribution is 2.61. The first-order chi connectivity index (χ1) is 10.1. The summed E-state index contributed by atoms with van der Waals surface area (Å²) in [7, 11) is 0. The number of likely N-dealkylation sites (tertiary alicyclic amines) is 1. The lowest BCUT2D eigenvalue weighted by Crippen LogP contribution is -2.52. The molecule has 4 atom stereocenters. The van der Waals surface area contributed by atoms with Gasteiger partial charge in [0.15, 0.2) is 0 Å². The van der Waals surface area contributed by atoms with Crippen LogP contribution in [0, 0.1) is 29.1 Å². The Morgan fingerprint density at radius 3 is 2.64 bits per heavy atom.